The van der Waals surface area contributed by atoms with Crippen LogP contribution in [0.25, 0.3) is 0 Å². The summed E-state index contributed by atoms with van der Waals surface area (Å²) in [6.07, 6.45) is 1.28. The van der Waals surface area contributed by atoms with Gasteiger partial charge in [0.1, 0.15) is 6.10 Å². The molecule has 0 bridgehead atoms. The molecule has 1 heterocycles. The minimum absolute atomic E-state index is 0.326. The number of pyridine rings is 1. The van der Waals surface area contributed by atoms with Crippen molar-refractivity contribution in [2.75, 3.05) is 7.11 Å². The van der Waals surface area contributed by atoms with Crippen LogP contribution in [-0.2, 0) is 11.2 Å². The average molecular weight is 243 g/mol. The molecule has 1 aromatic heterocycles. The Morgan fingerprint density at radius 2 is 1.83 bits per heavy atom. The summed E-state index contributed by atoms with van der Waals surface area (Å²) in [4.78, 5) is 4.21. The Labute approximate surface area is 107 Å². The zero-order chi connectivity index (χ0) is 12.8. The lowest BCUT2D eigenvalue weighted by Gasteiger charge is -2.21. The van der Waals surface area contributed by atoms with Gasteiger partial charge in [-0.3, -0.25) is 4.98 Å². The molecule has 18 heavy (non-hydrogen) atoms. The van der Waals surface area contributed by atoms with Gasteiger partial charge in [0.15, 0.2) is 0 Å². The third-order valence-corrected chi connectivity index (χ3v) is 2.88. The number of benzene rings is 1. The molecule has 0 aliphatic rings. The van der Waals surface area contributed by atoms with Crippen LogP contribution in [0.5, 0.6) is 0 Å². The molecule has 2 atom stereocenters. The number of hydrogen-bond donors (Lipinski definition) is 1. The Morgan fingerprint density at radius 1 is 1.11 bits per heavy atom. The summed E-state index contributed by atoms with van der Waals surface area (Å²) in [6.45, 7) is 0. The van der Waals surface area contributed by atoms with E-state index in [9.17, 15) is 5.11 Å². The molecule has 0 aliphatic carbocycles. The van der Waals surface area contributed by atoms with E-state index < -0.39 is 6.10 Å². The second-order valence-corrected chi connectivity index (χ2v) is 4.16. The third kappa shape index (κ3) is 3.15. The summed E-state index contributed by atoms with van der Waals surface area (Å²) in [5, 5.41) is 10.3. The zero-order valence-corrected chi connectivity index (χ0v) is 10.4. The topological polar surface area (TPSA) is 42.4 Å². The minimum Gasteiger partial charge on any atom is -0.390 e. The molecule has 0 saturated carbocycles. The minimum atomic E-state index is -0.604. The fourth-order valence-electron chi connectivity index (χ4n) is 2.00. The molecule has 0 fully saturated rings. The monoisotopic (exact) mass is 243 g/mol. The van der Waals surface area contributed by atoms with Crippen molar-refractivity contribution in [2.24, 2.45) is 0 Å². The molecule has 3 heteroatoms. The normalized spacial score (nSPS) is 14.1. The summed E-state index contributed by atoms with van der Waals surface area (Å²) in [5.74, 6) is 0. The van der Waals surface area contributed by atoms with Crippen LogP contribution in [0.1, 0.15) is 17.4 Å². The van der Waals surface area contributed by atoms with Crippen LogP contribution in [0, 0.1) is 0 Å². The molecule has 2 aromatic rings. The second-order valence-electron chi connectivity index (χ2n) is 4.16. The number of methoxy groups -OCH3 is 1. The van der Waals surface area contributed by atoms with Gasteiger partial charge in [-0.05, 0) is 17.7 Å². The summed E-state index contributed by atoms with van der Waals surface area (Å²) < 4.78 is 5.39. The van der Waals surface area contributed by atoms with Gasteiger partial charge < -0.3 is 9.84 Å². The van der Waals surface area contributed by atoms with E-state index in [2.05, 4.69) is 4.98 Å². The molecule has 0 amide bonds. The molecule has 2 rings (SSSR count). The Kier molecular flexibility index (Phi) is 4.45. The zero-order valence-electron chi connectivity index (χ0n) is 10.4. The van der Waals surface area contributed by atoms with Crippen molar-refractivity contribution in [3.8, 4) is 0 Å². The molecule has 0 saturated heterocycles. The predicted molar refractivity (Wildman–Crippen MR) is 70.1 cm³/mol. The number of aliphatic hydroxyl groups is 1. The van der Waals surface area contributed by atoms with Crippen molar-refractivity contribution >= 4 is 0 Å². The van der Waals surface area contributed by atoms with E-state index in [0.717, 1.165) is 11.3 Å². The number of hydrogen-bond acceptors (Lipinski definition) is 3. The lowest BCUT2D eigenvalue weighted by molar-refractivity contribution is -0.0132. The van der Waals surface area contributed by atoms with E-state index in [0.29, 0.717) is 6.42 Å². The number of ether oxygens (including phenoxy) is 1. The van der Waals surface area contributed by atoms with Crippen molar-refractivity contribution in [3.05, 3.63) is 66.0 Å². The van der Waals surface area contributed by atoms with Crippen LogP contribution in [0.3, 0.4) is 0 Å². The molecule has 2 unspecified atom stereocenters. The van der Waals surface area contributed by atoms with Crippen LogP contribution in [-0.4, -0.2) is 23.3 Å². The van der Waals surface area contributed by atoms with E-state index in [-0.39, 0.29) is 6.10 Å². The van der Waals surface area contributed by atoms with Gasteiger partial charge in [0.25, 0.3) is 0 Å². The summed E-state index contributed by atoms with van der Waals surface area (Å²) in [6, 6.07) is 15.4. The first kappa shape index (κ1) is 12.7. The SMILES string of the molecule is COC(c1ccccc1)C(O)Cc1ccccn1. The first-order chi connectivity index (χ1) is 8.81. The maximum atomic E-state index is 10.3. The van der Waals surface area contributed by atoms with Crippen molar-refractivity contribution in [2.45, 2.75) is 18.6 Å². The first-order valence-electron chi connectivity index (χ1n) is 5.97. The van der Waals surface area contributed by atoms with Gasteiger partial charge in [0.05, 0.1) is 6.10 Å². The lowest BCUT2D eigenvalue weighted by Crippen LogP contribution is -2.23. The van der Waals surface area contributed by atoms with Gasteiger partial charge in [-0.25, -0.2) is 0 Å². The Balaban J connectivity index is 2.09. The smallest absolute Gasteiger partial charge is 0.108 e. The highest BCUT2D eigenvalue weighted by atomic mass is 16.5. The molecule has 1 aromatic carbocycles. The fourth-order valence-corrected chi connectivity index (χ4v) is 2.00. The average Bonchev–Trinajstić information content (AvgIpc) is 2.42. The van der Waals surface area contributed by atoms with Crippen LogP contribution in [0.2, 0.25) is 0 Å². The fraction of sp³-hybridized carbons (Fsp3) is 0.267. The Bertz CT molecular complexity index is 458. The largest absolute Gasteiger partial charge is 0.390 e. The Morgan fingerprint density at radius 3 is 2.44 bits per heavy atom. The molecule has 94 valence electrons. The number of aliphatic hydroxyl groups excluding tert-OH is 1. The van der Waals surface area contributed by atoms with E-state index in [1.54, 1.807) is 13.3 Å². The molecular formula is C15H17NO2. The summed E-state index contributed by atoms with van der Waals surface area (Å²) in [5.41, 5.74) is 1.84. The van der Waals surface area contributed by atoms with Gasteiger partial charge in [0.2, 0.25) is 0 Å². The number of aromatic nitrogens is 1. The summed E-state index contributed by atoms with van der Waals surface area (Å²) >= 11 is 0. The van der Waals surface area contributed by atoms with Crippen LogP contribution in [0.15, 0.2) is 54.7 Å². The third-order valence-electron chi connectivity index (χ3n) is 2.88. The van der Waals surface area contributed by atoms with Gasteiger partial charge in [-0.2, -0.15) is 0 Å². The van der Waals surface area contributed by atoms with E-state index in [1.165, 1.54) is 0 Å². The van der Waals surface area contributed by atoms with Crippen molar-refractivity contribution in [1.82, 2.24) is 4.98 Å². The van der Waals surface area contributed by atoms with Crippen LogP contribution in [0.4, 0.5) is 0 Å². The quantitative estimate of drug-likeness (QED) is 0.876. The second kappa shape index (κ2) is 6.28. The van der Waals surface area contributed by atoms with Crippen molar-refractivity contribution in [1.29, 1.82) is 0 Å². The summed E-state index contributed by atoms with van der Waals surface area (Å²) in [7, 11) is 1.61. The number of nitrogens with zero attached hydrogens (tertiary/aromatic N) is 1. The molecule has 0 aliphatic heterocycles. The van der Waals surface area contributed by atoms with Crippen LogP contribution >= 0.6 is 0 Å². The van der Waals surface area contributed by atoms with Gasteiger partial charge in [0, 0.05) is 25.4 Å². The highest BCUT2D eigenvalue weighted by Crippen LogP contribution is 2.22. The maximum Gasteiger partial charge on any atom is 0.108 e. The lowest BCUT2D eigenvalue weighted by atomic mass is 10.0. The molecule has 0 spiro atoms. The highest BCUT2D eigenvalue weighted by molar-refractivity contribution is 5.19. The molecule has 3 nitrogen and oxygen atoms in total. The maximum absolute atomic E-state index is 10.3. The van der Waals surface area contributed by atoms with Crippen LogP contribution < -0.4 is 0 Å². The van der Waals surface area contributed by atoms with Crippen molar-refractivity contribution < 1.29 is 9.84 Å². The van der Waals surface area contributed by atoms with Gasteiger partial charge in [-0.1, -0.05) is 36.4 Å². The molecule has 0 radical (unpaired) electrons. The molecule has 1 N–H and O–H groups in total. The van der Waals surface area contributed by atoms with Gasteiger partial charge >= 0.3 is 0 Å². The molecular weight excluding hydrogens is 226 g/mol. The Hall–Kier alpha value is -1.71. The highest BCUT2D eigenvalue weighted by Gasteiger charge is 2.21. The number of rotatable bonds is 5. The van der Waals surface area contributed by atoms with E-state index in [4.69, 9.17) is 4.74 Å². The van der Waals surface area contributed by atoms with Gasteiger partial charge in [-0.15, -0.1) is 0 Å². The van der Waals surface area contributed by atoms with E-state index >= 15 is 0 Å². The predicted octanol–water partition coefficient (Wildman–Crippen LogP) is 2.37. The van der Waals surface area contributed by atoms with Crippen molar-refractivity contribution in [3.63, 3.8) is 0 Å². The first-order valence-corrected chi connectivity index (χ1v) is 5.97. The van der Waals surface area contributed by atoms with E-state index in [1.807, 2.05) is 48.5 Å². The standard InChI is InChI=1S/C15H17NO2/c1-18-15(12-7-3-2-4-8-12)14(17)11-13-9-5-6-10-16-13/h2-10,14-15,17H,11H2,1H3.